The van der Waals surface area contributed by atoms with E-state index in [0.717, 1.165) is 49.4 Å². The van der Waals surface area contributed by atoms with Gasteiger partial charge in [0.15, 0.2) is 5.13 Å². The van der Waals surface area contributed by atoms with Crippen LogP contribution in [0, 0.1) is 0 Å². The van der Waals surface area contributed by atoms with Crippen molar-refractivity contribution in [2.45, 2.75) is 18.3 Å². The lowest BCUT2D eigenvalue weighted by Crippen LogP contribution is -2.44. The summed E-state index contributed by atoms with van der Waals surface area (Å²) in [5.41, 5.74) is 0. The topological polar surface area (TPSA) is 28.6 Å². The molecule has 1 aromatic rings. The number of ether oxygens (including phenoxy) is 1. The molecule has 0 aliphatic carbocycles. The highest BCUT2D eigenvalue weighted by Gasteiger charge is 2.30. The SMILES string of the molecule is ClCc1sc(N2CCC(N3CCOCC3)C2)nc1Cl. The zero-order valence-corrected chi connectivity index (χ0v) is 13.0. The maximum atomic E-state index is 6.07. The predicted octanol–water partition coefficient (Wildman–Crippen LogP) is 2.45. The first kappa shape index (κ1) is 13.9. The molecule has 0 spiro atoms. The van der Waals surface area contributed by atoms with Gasteiger partial charge >= 0.3 is 0 Å². The molecule has 106 valence electrons. The molecule has 0 amide bonds. The molecule has 4 nitrogen and oxygen atoms in total. The molecule has 7 heteroatoms. The summed E-state index contributed by atoms with van der Waals surface area (Å²) in [5.74, 6) is 0.442. The van der Waals surface area contributed by atoms with Gasteiger partial charge in [-0.1, -0.05) is 22.9 Å². The highest BCUT2D eigenvalue weighted by Crippen LogP contribution is 2.33. The van der Waals surface area contributed by atoms with Crippen molar-refractivity contribution in [2.24, 2.45) is 0 Å². The van der Waals surface area contributed by atoms with Gasteiger partial charge in [0, 0.05) is 32.2 Å². The van der Waals surface area contributed by atoms with Crippen LogP contribution < -0.4 is 4.90 Å². The van der Waals surface area contributed by atoms with E-state index in [9.17, 15) is 0 Å². The Kier molecular flexibility index (Phi) is 4.49. The number of halogens is 2. The standard InChI is InChI=1S/C12H17Cl2N3OS/c13-7-10-11(14)15-12(19-10)17-2-1-9(8-17)16-3-5-18-6-4-16/h9H,1-8H2. The van der Waals surface area contributed by atoms with Crippen molar-refractivity contribution in [1.29, 1.82) is 0 Å². The Morgan fingerprint density at radius 2 is 2.11 bits per heavy atom. The lowest BCUT2D eigenvalue weighted by atomic mass is 10.2. The first-order chi connectivity index (χ1) is 9.28. The molecule has 3 heterocycles. The van der Waals surface area contributed by atoms with Gasteiger partial charge in [0.2, 0.25) is 0 Å². The number of alkyl halides is 1. The fourth-order valence-electron chi connectivity index (χ4n) is 2.70. The highest BCUT2D eigenvalue weighted by atomic mass is 35.5. The summed E-state index contributed by atoms with van der Waals surface area (Å²) in [4.78, 5) is 10.2. The third kappa shape index (κ3) is 3.00. The van der Waals surface area contributed by atoms with Crippen molar-refractivity contribution in [1.82, 2.24) is 9.88 Å². The number of anilines is 1. The quantitative estimate of drug-likeness (QED) is 0.799. The second-order valence-corrected chi connectivity index (χ2v) is 6.57. The summed E-state index contributed by atoms with van der Waals surface area (Å²) >= 11 is 13.5. The smallest absolute Gasteiger partial charge is 0.187 e. The molecular formula is C12H17Cl2N3OS. The second kappa shape index (κ2) is 6.14. The predicted molar refractivity (Wildman–Crippen MR) is 79.7 cm³/mol. The van der Waals surface area contributed by atoms with Gasteiger partial charge in [-0.3, -0.25) is 4.90 Å². The first-order valence-corrected chi connectivity index (χ1v) is 8.28. The number of morpholine rings is 1. The molecule has 0 aromatic carbocycles. The highest BCUT2D eigenvalue weighted by molar-refractivity contribution is 7.16. The van der Waals surface area contributed by atoms with Crippen LogP contribution in [0.15, 0.2) is 0 Å². The number of hydrogen-bond donors (Lipinski definition) is 0. The zero-order valence-electron chi connectivity index (χ0n) is 10.6. The molecule has 1 aromatic heterocycles. The van der Waals surface area contributed by atoms with Crippen molar-refractivity contribution in [3.05, 3.63) is 10.0 Å². The third-order valence-corrected chi connectivity index (χ3v) is 5.72. The Balaban J connectivity index is 1.64. The van der Waals surface area contributed by atoms with E-state index in [1.807, 2.05) is 0 Å². The van der Waals surface area contributed by atoms with Gasteiger partial charge in [-0.25, -0.2) is 4.98 Å². The van der Waals surface area contributed by atoms with Gasteiger partial charge in [-0.2, -0.15) is 0 Å². The molecule has 0 saturated carbocycles. The van der Waals surface area contributed by atoms with Crippen LogP contribution in [0.1, 0.15) is 11.3 Å². The van der Waals surface area contributed by atoms with Crippen LogP contribution in [0.4, 0.5) is 5.13 Å². The average molecular weight is 322 g/mol. The van der Waals surface area contributed by atoms with Gasteiger partial charge in [0.05, 0.1) is 24.0 Å². The van der Waals surface area contributed by atoms with Crippen molar-refractivity contribution in [2.75, 3.05) is 44.3 Å². The second-order valence-electron chi connectivity index (χ2n) is 4.88. The minimum Gasteiger partial charge on any atom is -0.379 e. The third-order valence-electron chi connectivity index (χ3n) is 3.76. The molecule has 2 aliphatic rings. The monoisotopic (exact) mass is 321 g/mol. The van der Waals surface area contributed by atoms with E-state index in [0.29, 0.717) is 17.1 Å². The van der Waals surface area contributed by atoms with Crippen LogP contribution in [-0.2, 0) is 10.6 Å². The molecule has 3 rings (SSSR count). The normalized spacial score (nSPS) is 25.2. The number of thiazole rings is 1. The average Bonchev–Trinajstić information content (AvgIpc) is 3.06. The lowest BCUT2D eigenvalue weighted by molar-refractivity contribution is 0.0209. The number of rotatable bonds is 3. The fourth-order valence-corrected chi connectivity index (χ4v) is 4.20. The maximum absolute atomic E-state index is 6.07. The number of hydrogen-bond acceptors (Lipinski definition) is 5. The van der Waals surface area contributed by atoms with E-state index in [1.54, 1.807) is 11.3 Å². The minimum absolute atomic E-state index is 0.442. The van der Waals surface area contributed by atoms with Crippen molar-refractivity contribution >= 4 is 39.7 Å². The summed E-state index contributed by atoms with van der Waals surface area (Å²) in [7, 11) is 0. The van der Waals surface area contributed by atoms with Gasteiger partial charge in [-0.15, -0.1) is 11.6 Å². The van der Waals surface area contributed by atoms with E-state index in [1.165, 1.54) is 6.42 Å². The van der Waals surface area contributed by atoms with Crippen LogP contribution in [-0.4, -0.2) is 55.3 Å². The Morgan fingerprint density at radius 3 is 2.79 bits per heavy atom. The molecule has 0 radical (unpaired) electrons. The van der Waals surface area contributed by atoms with Gasteiger partial charge in [-0.05, 0) is 6.42 Å². The largest absolute Gasteiger partial charge is 0.379 e. The van der Waals surface area contributed by atoms with Gasteiger partial charge in [0.1, 0.15) is 5.15 Å². The summed E-state index contributed by atoms with van der Waals surface area (Å²) in [5, 5.41) is 1.57. The Hall–Kier alpha value is -0.0700. The maximum Gasteiger partial charge on any atom is 0.187 e. The summed E-state index contributed by atoms with van der Waals surface area (Å²) in [6, 6.07) is 0.617. The van der Waals surface area contributed by atoms with Crippen molar-refractivity contribution < 1.29 is 4.74 Å². The Morgan fingerprint density at radius 1 is 1.32 bits per heavy atom. The minimum atomic E-state index is 0.442. The van der Waals surface area contributed by atoms with Crippen LogP contribution in [0.5, 0.6) is 0 Å². The van der Waals surface area contributed by atoms with Crippen molar-refractivity contribution in [3.8, 4) is 0 Å². The van der Waals surface area contributed by atoms with Crippen LogP contribution >= 0.6 is 34.5 Å². The number of nitrogens with zero attached hydrogens (tertiary/aromatic N) is 3. The van der Waals surface area contributed by atoms with E-state index in [4.69, 9.17) is 27.9 Å². The molecule has 2 fully saturated rings. The molecule has 19 heavy (non-hydrogen) atoms. The first-order valence-electron chi connectivity index (χ1n) is 6.56. The molecule has 0 N–H and O–H groups in total. The fraction of sp³-hybridized carbons (Fsp3) is 0.750. The summed E-state index contributed by atoms with van der Waals surface area (Å²) in [6.07, 6.45) is 1.19. The van der Waals surface area contributed by atoms with E-state index in [2.05, 4.69) is 14.8 Å². The Labute approximate surface area is 127 Å². The van der Waals surface area contributed by atoms with Crippen LogP contribution in [0.25, 0.3) is 0 Å². The molecule has 1 atom stereocenters. The molecule has 1 unspecified atom stereocenters. The lowest BCUT2D eigenvalue weighted by Gasteiger charge is -2.32. The van der Waals surface area contributed by atoms with Crippen molar-refractivity contribution in [3.63, 3.8) is 0 Å². The number of aromatic nitrogens is 1. The molecule has 2 saturated heterocycles. The molecular weight excluding hydrogens is 305 g/mol. The summed E-state index contributed by atoms with van der Waals surface area (Å²) in [6.45, 7) is 5.89. The van der Waals surface area contributed by atoms with E-state index in [-0.39, 0.29) is 0 Å². The van der Waals surface area contributed by atoms with Crippen LogP contribution in [0.3, 0.4) is 0 Å². The molecule has 0 bridgehead atoms. The van der Waals surface area contributed by atoms with Crippen LogP contribution in [0.2, 0.25) is 5.15 Å². The zero-order chi connectivity index (χ0) is 13.2. The van der Waals surface area contributed by atoms with E-state index >= 15 is 0 Å². The van der Waals surface area contributed by atoms with Gasteiger partial charge < -0.3 is 9.64 Å². The molecule has 2 aliphatic heterocycles. The van der Waals surface area contributed by atoms with E-state index < -0.39 is 0 Å². The van der Waals surface area contributed by atoms with Gasteiger partial charge in [0.25, 0.3) is 0 Å². The summed E-state index contributed by atoms with van der Waals surface area (Å²) < 4.78 is 5.41. The Bertz CT molecular complexity index is 437.